The Balaban J connectivity index is 3.08. The number of esters is 2. The molecule has 0 fully saturated rings. The van der Waals surface area contributed by atoms with Gasteiger partial charge in [0.15, 0.2) is 0 Å². The second-order valence-electron chi connectivity index (χ2n) is 8.46. The largest absolute Gasteiger partial charge is 0.420 e. The molecule has 0 bridgehead atoms. The Morgan fingerprint density at radius 2 is 1.08 bits per heavy atom. The van der Waals surface area contributed by atoms with Crippen molar-refractivity contribution in [3.8, 4) is 0 Å². The lowest BCUT2D eigenvalue weighted by molar-refractivity contribution is -0.200. The Morgan fingerprint density at radius 3 is 1.38 bits per heavy atom. The van der Waals surface area contributed by atoms with Gasteiger partial charge in [-0.25, -0.2) is 0 Å². The molecule has 0 spiro atoms. The van der Waals surface area contributed by atoms with Gasteiger partial charge in [0.05, 0.1) is 10.8 Å². The van der Waals surface area contributed by atoms with Crippen molar-refractivity contribution in [1.29, 1.82) is 0 Å². The van der Waals surface area contributed by atoms with Crippen LogP contribution in [0, 0.1) is 10.8 Å². The van der Waals surface area contributed by atoms with Gasteiger partial charge in [0.1, 0.15) is 0 Å². The number of hydrogen-bond acceptors (Lipinski definition) is 4. The quantitative estimate of drug-likeness (QED) is 0.575. The highest BCUT2D eigenvalue weighted by atomic mass is 16.7. The fourth-order valence-electron chi connectivity index (χ4n) is 1.75. The lowest BCUT2D eigenvalue weighted by Crippen LogP contribution is -2.30. The summed E-state index contributed by atoms with van der Waals surface area (Å²) in [4.78, 5) is 24.5. The summed E-state index contributed by atoms with van der Waals surface area (Å²) >= 11 is 0. The molecule has 1 rings (SSSR count). The number of hydrogen-bond donors (Lipinski definition) is 0. The van der Waals surface area contributed by atoms with E-state index < -0.39 is 29.1 Å². The summed E-state index contributed by atoms with van der Waals surface area (Å²) in [6.07, 6.45) is -1.04. The highest BCUT2D eigenvalue weighted by molar-refractivity contribution is 5.77. The Morgan fingerprint density at radius 1 is 0.750 bits per heavy atom. The molecule has 0 N–H and O–H groups in total. The Labute approximate surface area is 145 Å². The van der Waals surface area contributed by atoms with E-state index in [9.17, 15) is 9.59 Å². The van der Waals surface area contributed by atoms with E-state index in [0.29, 0.717) is 11.5 Å². The van der Waals surface area contributed by atoms with Crippen LogP contribution in [-0.4, -0.2) is 11.9 Å². The highest BCUT2D eigenvalue weighted by Gasteiger charge is 2.32. The summed E-state index contributed by atoms with van der Waals surface area (Å²) in [5.74, 6) is -0.434. The topological polar surface area (TPSA) is 52.6 Å². The number of ether oxygens (including phenoxy) is 2. The molecular formula is C20H30O4. The van der Waals surface area contributed by atoms with Crippen molar-refractivity contribution in [3.05, 3.63) is 35.4 Å². The Kier molecular flexibility index (Phi) is 6.20. The summed E-state index contributed by atoms with van der Waals surface area (Å²) in [5, 5.41) is 0. The molecule has 4 heteroatoms. The third kappa shape index (κ3) is 5.66. The minimum absolute atomic E-state index is 0.395. The number of carbonyl (C=O) groups is 2. The second kappa shape index (κ2) is 7.37. The van der Waals surface area contributed by atoms with Crippen LogP contribution >= 0.6 is 0 Å². The standard InChI is InChI=1S/C20H30O4/c1-13(2)14-9-11-15(12-10-14)16(23-17(21)19(3,4)5)24-18(22)20(6,7)8/h9-13,16H,1-8H3. The fourth-order valence-corrected chi connectivity index (χ4v) is 1.75. The van der Waals surface area contributed by atoms with Gasteiger partial charge in [-0.3, -0.25) is 9.59 Å². The molecule has 4 nitrogen and oxygen atoms in total. The first kappa shape index (κ1) is 20.2. The van der Waals surface area contributed by atoms with E-state index in [4.69, 9.17) is 9.47 Å². The molecule has 0 saturated heterocycles. The third-order valence-electron chi connectivity index (χ3n) is 3.53. The van der Waals surface area contributed by atoms with Gasteiger partial charge in [0, 0.05) is 5.56 Å². The molecule has 0 unspecified atom stereocenters. The number of benzene rings is 1. The van der Waals surface area contributed by atoms with Gasteiger partial charge in [0.25, 0.3) is 6.29 Å². The van der Waals surface area contributed by atoms with E-state index in [1.807, 2.05) is 24.3 Å². The summed E-state index contributed by atoms with van der Waals surface area (Å²) in [7, 11) is 0. The van der Waals surface area contributed by atoms with Crippen molar-refractivity contribution in [2.75, 3.05) is 0 Å². The SMILES string of the molecule is CC(C)c1ccc(C(OC(=O)C(C)(C)C)OC(=O)C(C)(C)C)cc1. The third-order valence-corrected chi connectivity index (χ3v) is 3.53. The molecule has 1 aromatic rings. The van der Waals surface area contributed by atoms with Gasteiger partial charge < -0.3 is 9.47 Å². The Hall–Kier alpha value is -1.84. The van der Waals surface area contributed by atoms with Gasteiger partial charge >= 0.3 is 11.9 Å². The fraction of sp³-hybridized carbons (Fsp3) is 0.600. The monoisotopic (exact) mass is 334 g/mol. The van der Waals surface area contributed by atoms with Crippen LogP contribution in [0.15, 0.2) is 24.3 Å². The molecule has 0 atom stereocenters. The van der Waals surface area contributed by atoms with Crippen molar-refractivity contribution < 1.29 is 19.1 Å². The minimum Gasteiger partial charge on any atom is -0.420 e. The van der Waals surface area contributed by atoms with Crippen molar-refractivity contribution >= 4 is 11.9 Å². The molecule has 0 saturated carbocycles. The normalized spacial score (nSPS) is 12.4. The molecule has 0 aliphatic rings. The van der Waals surface area contributed by atoms with E-state index in [1.54, 1.807) is 41.5 Å². The average molecular weight is 334 g/mol. The van der Waals surface area contributed by atoms with Crippen molar-refractivity contribution in [2.24, 2.45) is 10.8 Å². The molecule has 0 aliphatic carbocycles. The number of carbonyl (C=O) groups excluding carboxylic acids is 2. The molecule has 0 aromatic heterocycles. The van der Waals surface area contributed by atoms with Crippen LogP contribution in [-0.2, 0) is 19.1 Å². The summed E-state index contributed by atoms with van der Waals surface area (Å²) in [6, 6.07) is 7.60. The molecule has 0 aliphatic heterocycles. The zero-order chi connectivity index (χ0) is 18.7. The summed E-state index contributed by atoms with van der Waals surface area (Å²) in [6.45, 7) is 14.8. The maximum Gasteiger partial charge on any atom is 0.314 e. The average Bonchev–Trinajstić information content (AvgIpc) is 2.44. The van der Waals surface area contributed by atoms with E-state index in [-0.39, 0.29) is 0 Å². The lowest BCUT2D eigenvalue weighted by atomic mass is 9.97. The van der Waals surface area contributed by atoms with Gasteiger partial charge in [-0.05, 0) is 53.0 Å². The summed E-state index contributed by atoms with van der Waals surface area (Å²) < 4.78 is 11.0. The predicted molar refractivity (Wildman–Crippen MR) is 94.4 cm³/mol. The van der Waals surface area contributed by atoms with Crippen LogP contribution in [0.4, 0.5) is 0 Å². The molecule has 0 radical (unpaired) electrons. The van der Waals surface area contributed by atoms with Crippen LogP contribution in [0.2, 0.25) is 0 Å². The van der Waals surface area contributed by atoms with Crippen LogP contribution in [0.1, 0.15) is 78.7 Å². The van der Waals surface area contributed by atoms with Crippen LogP contribution < -0.4 is 0 Å². The molecule has 24 heavy (non-hydrogen) atoms. The van der Waals surface area contributed by atoms with Gasteiger partial charge in [0.2, 0.25) is 0 Å². The van der Waals surface area contributed by atoms with Crippen LogP contribution in [0.25, 0.3) is 0 Å². The lowest BCUT2D eigenvalue weighted by Gasteiger charge is -2.26. The zero-order valence-corrected chi connectivity index (χ0v) is 16.1. The van der Waals surface area contributed by atoms with Gasteiger partial charge in [-0.1, -0.05) is 38.1 Å². The first-order valence-electron chi connectivity index (χ1n) is 8.34. The maximum absolute atomic E-state index is 12.2. The zero-order valence-electron chi connectivity index (χ0n) is 16.1. The molecule has 0 heterocycles. The van der Waals surface area contributed by atoms with Crippen molar-refractivity contribution in [1.82, 2.24) is 0 Å². The van der Waals surface area contributed by atoms with E-state index in [2.05, 4.69) is 13.8 Å². The number of rotatable bonds is 4. The molecule has 134 valence electrons. The molecule has 0 amide bonds. The van der Waals surface area contributed by atoms with Crippen LogP contribution in [0.5, 0.6) is 0 Å². The minimum atomic E-state index is -1.04. The highest BCUT2D eigenvalue weighted by Crippen LogP contribution is 2.29. The van der Waals surface area contributed by atoms with Gasteiger partial charge in [-0.15, -0.1) is 0 Å². The molecular weight excluding hydrogens is 304 g/mol. The Bertz CT molecular complexity index is 543. The van der Waals surface area contributed by atoms with E-state index in [0.717, 1.165) is 0 Å². The summed E-state index contributed by atoms with van der Waals surface area (Å²) in [5.41, 5.74) is 0.463. The van der Waals surface area contributed by atoms with Crippen LogP contribution in [0.3, 0.4) is 0 Å². The first-order valence-corrected chi connectivity index (χ1v) is 8.34. The smallest absolute Gasteiger partial charge is 0.314 e. The van der Waals surface area contributed by atoms with Crippen molar-refractivity contribution in [3.63, 3.8) is 0 Å². The first-order chi connectivity index (χ1) is 10.8. The second-order valence-corrected chi connectivity index (χ2v) is 8.46. The van der Waals surface area contributed by atoms with Gasteiger partial charge in [-0.2, -0.15) is 0 Å². The van der Waals surface area contributed by atoms with E-state index in [1.165, 1.54) is 5.56 Å². The molecule has 1 aromatic carbocycles. The van der Waals surface area contributed by atoms with Crippen molar-refractivity contribution in [2.45, 2.75) is 67.6 Å². The maximum atomic E-state index is 12.2. The van der Waals surface area contributed by atoms with E-state index >= 15 is 0 Å². The predicted octanol–water partition coefficient (Wildman–Crippen LogP) is 4.99.